The SMILES string of the molecule is C[C@H](CNC(=O)N(C)CCc1nc2ccc(Cl)cc2[nH]1)CN(C)C. The minimum absolute atomic E-state index is 0.0558. The summed E-state index contributed by atoms with van der Waals surface area (Å²) in [7, 11) is 5.86. The first kappa shape index (κ1) is 18.5. The van der Waals surface area contributed by atoms with E-state index in [0.29, 0.717) is 30.5 Å². The van der Waals surface area contributed by atoms with Gasteiger partial charge in [-0.05, 0) is 38.2 Å². The predicted octanol–water partition coefficient (Wildman–Crippen LogP) is 2.60. The Morgan fingerprint density at radius 2 is 2.12 bits per heavy atom. The maximum Gasteiger partial charge on any atom is 0.317 e. The van der Waals surface area contributed by atoms with Crippen molar-refractivity contribution >= 4 is 28.7 Å². The zero-order chi connectivity index (χ0) is 17.7. The van der Waals surface area contributed by atoms with Gasteiger partial charge in [-0.15, -0.1) is 0 Å². The van der Waals surface area contributed by atoms with E-state index in [4.69, 9.17) is 11.6 Å². The van der Waals surface area contributed by atoms with E-state index in [9.17, 15) is 4.79 Å². The Hall–Kier alpha value is -1.79. The summed E-state index contributed by atoms with van der Waals surface area (Å²) in [5.41, 5.74) is 1.81. The summed E-state index contributed by atoms with van der Waals surface area (Å²) in [6, 6.07) is 5.51. The molecule has 0 aliphatic carbocycles. The molecule has 0 aliphatic heterocycles. The first-order chi connectivity index (χ1) is 11.3. The number of likely N-dealkylation sites (N-methyl/N-ethyl adjacent to an activating group) is 1. The number of carbonyl (C=O) groups excluding carboxylic acids is 1. The van der Waals surface area contributed by atoms with Gasteiger partial charge in [-0.25, -0.2) is 9.78 Å². The molecule has 132 valence electrons. The molecule has 2 rings (SSSR count). The third-order valence-electron chi connectivity index (χ3n) is 3.80. The minimum Gasteiger partial charge on any atom is -0.342 e. The van der Waals surface area contributed by atoms with E-state index in [1.807, 2.05) is 32.3 Å². The summed E-state index contributed by atoms with van der Waals surface area (Å²) in [5, 5.41) is 3.65. The van der Waals surface area contributed by atoms with Gasteiger partial charge in [-0.3, -0.25) is 0 Å². The van der Waals surface area contributed by atoms with Gasteiger partial charge in [0.1, 0.15) is 5.82 Å². The average molecular weight is 352 g/mol. The molecule has 7 heteroatoms. The molecule has 0 bridgehead atoms. The summed E-state index contributed by atoms with van der Waals surface area (Å²) in [6.07, 6.45) is 0.670. The van der Waals surface area contributed by atoms with Crippen LogP contribution in [0.25, 0.3) is 11.0 Å². The Labute approximate surface area is 148 Å². The molecule has 2 amide bonds. The van der Waals surface area contributed by atoms with E-state index in [2.05, 4.69) is 27.1 Å². The number of H-pyrrole nitrogens is 1. The van der Waals surface area contributed by atoms with E-state index in [1.165, 1.54) is 0 Å². The number of nitrogens with zero attached hydrogens (tertiary/aromatic N) is 3. The zero-order valence-corrected chi connectivity index (χ0v) is 15.5. The molecule has 0 unspecified atom stereocenters. The number of aromatic nitrogens is 2. The highest BCUT2D eigenvalue weighted by Gasteiger charge is 2.12. The number of urea groups is 1. The van der Waals surface area contributed by atoms with Crippen LogP contribution in [0.2, 0.25) is 5.02 Å². The molecule has 0 spiro atoms. The fraction of sp³-hybridized carbons (Fsp3) is 0.529. The topological polar surface area (TPSA) is 64.3 Å². The maximum atomic E-state index is 12.1. The van der Waals surface area contributed by atoms with Crippen LogP contribution in [-0.2, 0) is 6.42 Å². The number of fused-ring (bicyclic) bond motifs is 1. The quantitative estimate of drug-likeness (QED) is 0.805. The maximum absolute atomic E-state index is 12.1. The van der Waals surface area contributed by atoms with Gasteiger partial charge in [-0.2, -0.15) is 0 Å². The third-order valence-corrected chi connectivity index (χ3v) is 4.04. The number of rotatable bonds is 7. The van der Waals surface area contributed by atoms with Crippen LogP contribution in [0.5, 0.6) is 0 Å². The number of hydrogen-bond acceptors (Lipinski definition) is 3. The summed E-state index contributed by atoms with van der Waals surface area (Å²) >= 11 is 5.98. The molecule has 1 heterocycles. The highest BCUT2D eigenvalue weighted by atomic mass is 35.5. The molecule has 0 aliphatic rings. The van der Waals surface area contributed by atoms with Gasteiger partial charge in [-0.1, -0.05) is 18.5 Å². The number of imidazole rings is 1. The lowest BCUT2D eigenvalue weighted by Gasteiger charge is -2.21. The molecule has 1 aromatic heterocycles. The smallest absolute Gasteiger partial charge is 0.317 e. The second kappa shape index (κ2) is 8.35. The number of hydrogen-bond donors (Lipinski definition) is 2. The van der Waals surface area contributed by atoms with Crippen molar-refractivity contribution in [3.63, 3.8) is 0 Å². The summed E-state index contributed by atoms with van der Waals surface area (Å²) in [5.74, 6) is 1.27. The Bertz CT molecular complexity index is 685. The van der Waals surface area contributed by atoms with Gasteiger partial charge in [0, 0.05) is 38.1 Å². The van der Waals surface area contributed by atoms with Crippen molar-refractivity contribution in [2.45, 2.75) is 13.3 Å². The van der Waals surface area contributed by atoms with Gasteiger partial charge >= 0.3 is 6.03 Å². The normalized spacial score (nSPS) is 12.6. The molecule has 0 fully saturated rings. The van der Waals surface area contributed by atoms with E-state index in [1.54, 1.807) is 11.9 Å². The molecular weight excluding hydrogens is 326 g/mol. The standard InChI is InChI=1S/C17H26ClN5O/c1-12(11-22(2)3)10-19-17(24)23(4)8-7-16-20-14-6-5-13(18)9-15(14)21-16/h5-6,9,12H,7-8,10-11H2,1-4H3,(H,19,24)(H,20,21)/t12-/m1/s1. The molecule has 0 saturated carbocycles. The zero-order valence-electron chi connectivity index (χ0n) is 14.8. The number of amides is 2. The van der Waals surface area contributed by atoms with Gasteiger partial charge < -0.3 is 20.1 Å². The van der Waals surface area contributed by atoms with E-state index in [-0.39, 0.29) is 6.03 Å². The number of nitrogens with one attached hydrogen (secondary N) is 2. The summed E-state index contributed by atoms with van der Waals surface area (Å²) in [4.78, 5) is 23.7. The van der Waals surface area contributed by atoms with Crippen molar-refractivity contribution in [1.29, 1.82) is 0 Å². The number of benzene rings is 1. The average Bonchev–Trinajstić information content (AvgIpc) is 2.91. The van der Waals surface area contributed by atoms with Crippen LogP contribution in [0.3, 0.4) is 0 Å². The lowest BCUT2D eigenvalue weighted by Crippen LogP contribution is -2.41. The van der Waals surface area contributed by atoms with Crippen LogP contribution in [0.4, 0.5) is 4.79 Å². The van der Waals surface area contributed by atoms with Gasteiger partial charge in [0.15, 0.2) is 0 Å². The fourth-order valence-electron chi connectivity index (χ4n) is 2.61. The predicted molar refractivity (Wildman–Crippen MR) is 98.6 cm³/mol. The number of carbonyl (C=O) groups is 1. The van der Waals surface area contributed by atoms with E-state index >= 15 is 0 Å². The van der Waals surface area contributed by atoms with Crippen LogP contribution in [0.15, 0.2) is 18.2 Å². The Kier molecular flexibility index (Phi) is 6.45. The van der Waals surface area contributed by atoms with Crippen LogP contribution >= 0.6 is 11.6 Å². The van der Waals surface area contributed by atoms with Crippen LogP contribution in [0.1, 0.15) is 12.7 Å². The van der Waals surface area contributed by atoms with Crippen molar-refractivity contribution in [2.75, 3.05) is 40.8 Å². The van der Waals surface area contributed by atoms with E-state index in [0.717, 1.165) is 23.4 Å². The highest BCUT2D eigenvalue weighted by molar-refractivity contribution is 6.31. The van der Waals surface area contributed by atoms with Crippen molar-refractivity contribution in [2.24, 2.45) is 5.92 Å². The third kappa shape index (κ3) is 5.39. The highest BCUT2D eigenvalue weighted by Crippen LogP contribution is 2.17. The molecule has 2 N–H and O–H groups in total. The van der Waals surface area contributed by atoms with Crippen LogP contribution in [-0.4, -0.2) is 66.6 Å². The van der Waals surface area contributed by atoms with Crippen LogP contribution < -0.4 is 5.32 Å². The largest absolute Gasteiger partial charge is 0.342 e. The van der Waals surface area contributed by atoms with Gasteiger partial charge in [0.2, 0.25) is 0 Å². The first-order valence-electron chi connectivity index (χ1n) is 8.13. The fourth-order valence-corrected chi connectivity index (χ4v) is 2.78. The van der Waals surface area contributed by atoms with Crippen molar-refractivity contribution in [1.82, 2.24) is 25.1 Å². The summed E-state index contributed by atoms with van der Waals surface area (Å²) in [6.45, 7) is 4.34. The molecular formula is C17H26ClN5O. The first-order valence-corrected chi connectivity index (χ1v) is 8.50. The van der Waals surface area contributed by atoms with Crippen molar-refractivity contribution < 1.29 is 4.79 Å². The number of aromatic amines is 1. The summed E-state index contributed by atoms with van der Waals surface area (Å²) < 4.78 is 0. The van der Waals surface area contributed by atoms with E-state index < -0.39 is 0 Å². The van der Waals surface area contributed by atoms with Gasteiger partial charge in [0.05, 0.1) is 11.0 Å². The monoisotopic (exact) mass is 351 g/mol. The molecule has 0 radical (unpaired) electrons. The Balaban J connectivity index is 1.80. The second-order valence-corrected chi connectivity index (χ2v) is 7.01. The second-order valence-electron chi connectivity index (χ2n) is 6.57. The van der Waals surface area contributed by atoms with Crippen LogP contribution in [0, 0.1) is 5.92 Å². The molecule has 2 aromatic rings. The van der Waals surface area contributed by atoms with Crippen molar-refractivity contribution in [3.8, 4) is 0 Å². The molecule has 1 aromatic carbocycles. The lowest BCUT2D eigenvalue weighted by atomic mass is 10.2. The Morgan fingerprint density at radius 3 is 2.83 bits per heavy atom. The Morgan fingerprint density at radius 1 is 1.38 bits per heavy atom. The minimum atomic E-state index is -0.0558. The van der Waals surface area contributed by atoms with Gasteiger partial charge in [0.25, 0.3) is 0 Å². The molecule has 1 atom stereocenters. The lowest BCUT2D eigenvalue weighted by molar-refractivity contribution is 0.206. The number of halogens is 1. The molecule has 24 heavy (non-hydrogen) atoms. The van der Waals surface area contributed by atoms with Crippen molar-refractivity contribution in [3.05, 3.63) is 29.0 Å². The molecule has 0 saturated heterocycles. The molecule has 6 nitrogen and oxygen atoms in total.